The summed E-state index contributed by atoms with van der Waals surface area (Å²) in [6.45, 7) is 1.47. The van der Waals surface area contributed by atoms with E-state index < -0.39 is 17.8 Å². The van der Waals surface area contributed by atoms with Crippen LogP contribution in [-0.2, 0) is 12.7 Å². The van der Waals surface area contributed by atoms with Crippen molar-refractivity contribution >= 4 is 0 Å². The standard InChI is InChI=1S/C12H12F3N3O/c1-8(19)11-7-18(17-16-11)6-9-4-2-3-5-10(9)12(13,14)15/h2-5,7-8,19H,6H2,1H3. The lowest BCUT2D eigenvalue weighted by Crippen LogP contribution is -2.11. The second-order valence-corrected chi connectivity index (χ2v) is 4.17. The van der Waals surface area contributed by atoms with Gasteiger partial charge in [0.25, 0.3) is 0 Å². The van der Waals surface area contributed by atoms with Gasteiger partial charge >= 0.3 is 6.18 Å². The molecule has 1 heterocycles. The maximum atomic E-state index is 12.8. The molecule has 0 aliphatic carbocycles. The van der Waals surface area contributed by atoms with E-state index in [1.54, 1.807) is 0 Å². The number of nitrogens with zero attached hydrogens (tertiary/aromatic N) is 3. The van der Waals surface area contributed by atoms with Crippen LogP contribution < -0.4 is 0 Å². The van der Waals surface area contributed by atoms with Gasteiger partial charge in [-0.05, 0) is 18.6 Å². The molecule has 1 atom stereocenters. The molecule has 19 heavy (non-hydrogen) atoms. The summed E-state index contributed by atoms with van der Waals surface area (Å²) in [6.07, 6.45) is -3.77. The first kappa shape index (κ1) is 13.5. The first-order valence-corrected chi connectivity index (χ1v) is 5.61. The minimum atomic E-state index is -4.40. The summed E-state index contributed by atoms with van der Waals surface area (Å²) >= 11 is 0. The summed E-state index contributed by atoms with van der Waals surface area (Å²) < 4.78 is 39.7. The maximum absolute atomic E-state index is 12.8. The molecular weight excluding hydrogens is 259 g/mol. The van der Waals surface area contributed by atoms with Crippen molar-refractivity contribution in [2.24, 2.45) is 0 Å². The molecule has 0 amide bonds. The second-order valence-electron chi connectivity index (χ2n) is 4.17. The van der Waals surface area contributed by atoms with Gasteiger partial charge in [-0.1, -0.05) is 23.4 Å². The quantitative estimate of drug-likeness (QED) is 0.932. The highest BCUT2D eigenvalue weighted by atomic mass is 19.4. The van der Waals surface area contributed by atoms with Crippen molar-refractivity contribution in [3.63, 3.8) is 0 Å². The third-order valence-corrected chi connectivity index (χ3v) is 2.64. The third kappa shape index (κ3) is 3.11. The zero-order valence-corrected chi connectivity index (χ0v) is 10.1. The molecule has 0 aliphatic rings. The molecule has 0 radical (unpaired) electrons. The highest BCUT2D eigenvalue weighted by Crippen LogP contribution is 2.32. The largest absolute Gasteiger partial charge is 0.416 e. The Morgan fingerprint density at radius 2 is 2.00 bits per heavy atom. The Morgan fingerprint density at radius 1 is 1.32 bits per heavy atom. The number of halogens is 3. The third-order valence-electron chi connectivity index (χ3n) is 2.64. The monoisotopic (exact) mass is 271 g/mol. The number of aromatic nitrogens is 3. The van der Waals surface area contributed by atoms with E-state index in [1.165, 1.54) is 36.0 Å². The zero-order chi connectivity index (χ0) is 14.0. The predicted octanol–water partition coefficient (Wildman–Crippen LogP) is 2.40. The molecule has 0 saturated carbocycles. The van der Waals surface area contributed by atoms with E-state index in [-0.39, 0.29) is 12.1 Å². The van der Waals surface area contributed by atoms with Crippen molar-refractivity contribution in [1.82, 2.24) is 15.0 Å². The van der Waals surface area contributed by atoms with Crippen molar-refractivity contribution in [2.75, 3.05) is 0 Å². The van der Waals surface area contributed by atoms with Crippen molar-refractivity contribution in [1.29, 1.82) is 0 Å². The van der Waals surface area contributed by atoms with Crippen LogP contribution in [0.3, 0.4) is 0 Å². The molecule has 1 unspecified atom stereocenters. The summed E-state index contributed by atoms with van der Waals surface area (Å²) in [5, 5.41) is 16.7. The van der Waals surface area contributed by atoms with Crippen LogP contribution in [0, 0.1) is 0 Å². The number of aliphatic hydroxyl groups is 1. The van der Waals surface area contributed by atoms with E-state index in [0.29, 0.717) is 5.69 Å². The highest BCUT2D eigenvalue weighted by molar-refractivity contribution is 5.29. The van der Waals surface area contributed by atoms with Gasteiger partial charge in [0, 0.05) is 0 Å². The van der Waals surface area contributed by atoms with Crippen LogP contribution in [0.2, 0.25) is 0 Å². The minimum absolute atomic E-state index is 0.0462. The first-order chi connectivity index (χ1) is 8.88. The van der Waals surface area contributed by atoms with Crippen LogP contribution in [0.25, 0.3) is 0 Å². The number of alkyl halides is 3. The molecule has 7 heteroatoms. The average Bonchev–Trinajstić information content (AvgIpc) is 2.77. The maximum Gasteiger partial charge on any atom is 0.416 e. The summed E-state index contributed by atoms with van der Waals surface area (Å²) in [7, 11) is 0. The summed E-state index contributed by atoms with van der Waals surface area (Å²) in [4.78, 5) is 0. The zero-order valence-electron chi connectivity index (χ0n) is 10.1. The summed E-state index contributed by atoms with van der Waals surface area (Å²) in [5.41, 5.74) is -0.259. The topological polar surface area (TPSA) is 50.9 Å². The molecule has 0 spiro atoms. The number of benzene rings is 1. The van der Waals surface area contributed by atoms with Crippen LogP contribution in [-0.4, -0.2) is 20.1 Å². The van der Waals surface area contributed by atoms with Gasteiger partial charge in [-0.2, -0.15) is 13.2 Å². The van der Waals surface area contributed by atoms with Crippen molar-refractivity contribution in [3.05, 3.63) is 47.3 Å². The molecule has 0 bridgehead atoms. The molecule has 1 aromatic carbocycles. The van der Waals surface area contributed by atoms with Gasteiger partial charge in [0.15, 0.2) is 0 Å². The van der Waals surface area contributed by atoms with Crippen LogP contribution in [0.1, 0.15) is 29.8 Å². The second kappa shape index (κ2) is 5.00. The highest BCUT2D eigenvalue weighted by Gasteiger charge is 2.32. The molecule has 4 nitrogen and oxygen atoms in total. The van der Waals surface area contributed by atoms with Gasteiger partial charge < -0.3 is 5.11 Å². The lowest BCUT2D eigenvalue weighted by molar-refractivity contribution is -0.138. The molecule has 0 aliphatic heterocycles. The molecule has 0 saturated heterocycles. The van der Waals surface area contributed by atoms with Crippen molar-refractivity contribution < 1.29 is 18.3 Å². The molecule has 2 rings (SSSR count). The lowest BCUT2D eigenvalue weighted by Gasteiger charge is -2.12. The van der Waals surface area contributed by atoms with Gasteiger partial charge in [-0.15, -0.1) is 5.10 Å². The van der Waals surface area contributed by atoms with Gasteiger partial charge in [0.2, 0.25) is 0 Å². The van der Waals surface area contributed by atoms with Crippen LogP contribution in [0.5, 0.6) is 0 Å². The van der Waals surface area contributed by atoms with Crippen LogP contribution >= 0.6 is 0 Å². The van der Waals surface area contributed by atoms with Gasteiger partial charge in [-0.3, -0.25) is 0 Å². The first-order valence-electron chi connectivity index (χ1n) is 5.61. The smallest absolute Gasteiger partial charge is 0.387 e. The number of aliphatic hydroxyl groups excluding tert-OH is 1. The molecule has 1 aromatic heterocycles. The number of rotatable bonds is 3. The van der Waals surface area contributed by atoms with E-state index in [4.69, 9.17) is 0 Å². The Labute approximate surface area is 107 Å². The van der Waals surface area contributed by atoms with E-state index in [2.05, 4.69) is 10.3 Å². The van der Waals surface area contributed by atoms with Gasteiger partial charge in [-0.25, -0.2) is 4.68 Å². The molecular formula is C12H12F3N3O. The Balaban J connectivity index is 2.28. The Hall–Kier alpha value is -1.89. The van der Waals surface area contributed by atoms with Gasteiger partial charge in [0.1, 0.15) is 5.69 Å². The van der Waals surface area contributed by atoms with Crippen LogP contribution in [0.4, 0.5) is 13.2 Å². The normalized spacial score (nSPS) is 13.5. The fraction of sp³-hybridized carbons (Fsp3) is 0.333. The lowest BCUT2D eigenvalue weighted by atomic mass is 10.1. The minimum Gasteiger partial charge on any atom is -0.387 e. The van der Waals surface area contributed by atoms with E-state index in [1.807, 2.05) is 0 Å². The van der Waals surface area contributed by atoms with Gasteiger partial charge in [0.05, 0.1) is 24.4 Å². The fourth-order valence-corrected chi connectivity index (χ4v) is 1.69. The van der Waals surface area contributed by atoms with Crippen molar-refractivity contribution in [2.45, 2.75) is 25.7 Å². The molecule has 1 N–H and O–H groups in total. The van der Waals surface area contributed by atoms with E-state index >= 15 is 0 Å². The molecule has 0 fully saturated rings. The number of hydrogen-bond acceptors (Lipinski definition) is 3. The molecule has 2 aromatic rings. The molecule has 102 valence electrons. The van der Waals surface area contributed by atoms with E-state index in [9.17, 15) is 18.3 Å². The number of hydrogen-bond donors (Lipinski definition) is 1. The fourth-order valence-electron chi connectivity index (χ4n) is 1.69. The Kier molecular flexibility index (Phi) is 3.57. The summed E-state index contributed by atoms with van der Waals surface area (Å²) in [5.74, 6) is 0. The van der Waals surface area contributed by atoms with E-state index in [0.717, 1.165) is 6.07 Å². The summed E-state index contributed by atoms with van der Waals surface area (Å²) in [6, 6.07) is 5.31. The average molecular weight is 271 g/mol. The SMILES string of the molecule is CC(O)c1cn(Cc2ccccc2C(F)(F)F)nn1. The predicted molar refractivity (Wildman–Crippen MR) is 61.2 cm³/mol. The Bertz CT molecular complexity index is 563. The van der Waals surface area contributed by atoms with Crippen LogP contribution in [0.15, 0.2) is 30.5 Å². The Morgan fingerprint density at radius 3 is 2.58 bits per heavy atom. The van der Waals surface area contributed by atoms with Crippen molar-refractivity contribution in [3.8, 4) is 0 Å².